The molecular formula is C43H45NO14. The Morgan fingerprint density at radius 3 is 1.67 bits per heavy atom. The molecule has 0 radical (unpaired) electrons. The van der Waals surface area contributed by atoms with E-state index in [-0.39, 0.29) is 16.7 Å². The number of nitrogens with zero attached hydrogens (tertiary/aromatic N) is 1. The van der Waals surface area contributed by atoms with E-state index in [1.165, 1.54) is 32.9 Å². The minimum atomic E-state index is -1.79. The molecule has 8 aliphatic rings. The summed E-state index contributed by atoms with van der Waals surface area (Å²) in [6.07, 6.45) is -9.41. The van der Waals surface area contributed by atoms with Gasteiger partial charge in [0.1, 0.15) is 24.6 Å². The average molecular weight is 800 g/mol. The zero-order chi connectivity index (χ0) is 41.8. The lowest BCUT2D eigenvalue weighted by Crippen LogP contribution is -2.82. The molecule has 6 saturated carbocycles. The number of hydrogen-bond acceptors (Lipinski definition) is 15. The van der Waals surface area contributed by atoms with Gasteiger partial charge >= 0.3 is 35.8 Å². The van der Waals surface area contributed by atoms with E-state index in [2.05, 4.69) is 6.58 Å². The number of esters is 6. The van der Waals surface area contributed by atoms with Crippen molar-refractivity contribution in [2.75, 3.05) is 7.05 Å². The van der Waals surface area contributed by atoms with E-state index in [9.17, 15) is 38.7 Å². The number of fused-ring (bicyclic) bond motifs is 1. The second-order valence-corrected chi connectivity index (χ2v) is 16.7. The van der Waals surface area contributed by atoms with Crippen molar-refractivity contribution in [3.8, 4) is 0 Å². The van der Waals surface area contributed by atoms with Crippen molar-refractivity contribution in [2.24, 2.45) is 39.9 Å². The highest BCUT2D eigenvalue weighted by Crippen LogP contribution is 2.85. The van der Waals surface area contributed by atoms with Gasteiger partial charge in [-0.15, -0.1) is 0 Å². The molecule has 0 aromatic heterocycles. The predicted molar refractivity (Wildman–Crippen MR) is 197 cm³/mol. The van der Waals surface area contributed by atoms with Crippen LogP contribution in [0.5, 0.6) is 0 Å². The van der Waals surface area contributed by atoms with Crippen LogP contribution in [0.15, 0.2) is 72.8 Å². The summed E-state index contributed by atoms with van der Waals surface area (Å²) in [5, 5.41) is 13.2. The molecule has 2 heterocycles. The van der Waals surface area contributed by atoms with Gasteiger partial charge in [-0.25, -0.2) is 9.59 Å². The number of benzene rings is 2. The molecule has 15 nitrogen and oxygen atoms in total. The number of rotatable bonds is 9. The molecule has 306 valence electrons. The molecular weight excluding hydrogens is 754 g/mol. The third-order valence-electron chi connectivity index (χ3n) is 14.0. The fourth-order valence-corrected chi connectivity index (χ4v) is 13.0. The maximum Gasteiger partial charge on any atom is 0.338 e. The number of aliphatic hydroxyl groups excluding tert-OH is 1. The molecule has 2 aliphatic heterocycles. The Kier molecular flexibility index (Phi) is 9.23. The quantitative estimate of drug-likeness (QED) is 0.168. The zero-order valence-corrected chi connectivity index (χ0v) is 32.8. The zero-order valence-electron chi connectivity index (χ0n) is 32.8. The summed E-state index contributed by atoms with van der Waals surface area (Å²) in [5.74, 6) is -8.91. The highest BCUT2D eigenvalue weighted by molar-refractivity contribution is 5.90. The Bertz CT molecular complexity index is 2110. The van der Waals surface area contributed by atoms with Gasteiger partial charge in [-0.1, -0.05) is 43.0 Å². The fraction of sp³-hybridized carbons (Fsp3) is 0.512. The van der Waals surface area contributed by atoms with E-state index in [4.69, 9.17) is 28.4 Å². The SMILES string of the molecule is C=C1C(OC(C)=O)[C@@]23C4C5N(C)[C@@H]([C@H]2O)[C@@H]2[C@](C)(C=O)[C@@H](OC(C)=O)[C@H](OC(=O)c6ccccc6)[C@@H](OC(C)=O)[C@]52C3[C@H](OC(C)=O)[C@@H]1[C@H]4OC(=O)c1ccccc1. The third kappa shape index (κ3) is 5.01. The van der Waals surface area contributed by atoms with Gasteiger partial charge < -0.3 is 38.3 Å². The van der Waals surface area contributed by atoms with Crippen LogP contribution >= 0.6 is 0 Å². The van der Waals surface area contributed by atoms with Gasteiger partial charge in [-0.3, -0.25) is 24.1 Å². The summed E-state index contributed by atoms with van der Waals surface area (Å²) in [6, 6.07) is 14.2. The molecule has 2 saturated heterocycles. The van der Waals surface area contributed by atoms with Crippen LogP contribution in [-0.2, 0) is 52.4 Å². The molecule has 2 spiro atoms. The van der Waals surface area contributed by atoms with Crippen LogP contribution in [0.2, 0.25) is 0 Å². The van der Waals surface area contributed by atoms with Crippen molar-refractivity contribution in [1.82, 2.24) is 4.90 Å². The first kappa shape index (κ1) is 39.4. The first-order valence-corrected chi connectivity index (χ1v) is 19.2. The van der Waals surface area contributed by atoms with Gasteiger partial charge in [0, 0.05) is 62.9 Å². The molecule has 58 heavy (non-hydrogen) atoms. The number of piperidine rings is 1. The first-order valence-electron chi connectivity index (χ1n) is 19.2. The molecule has 15 heteroatoms. The van der Waals surface area contributed by atoms with Crippen LogP contribution in [0.4, 0.5) is 0 Å². The van der Waals surface area contributed by atoms with Gasteiger partial charge in [0.05, 0.1) is 34.0 Å². The Balaban J connectivity index is 1.44. The topological polar surface area (TPSA) is 198 Å². The summed E-state index contributed by atoms with van der Waals surface area (Å²) in [6.45, 7) is 10.6. The minimum absolute atomic E-state index is 0.108. The first-order chi connectivity index (χ1) is 27.5. The maximum absolute atomic E-state index is 14.1. The lowest BCUT2D eigenvalue weighted by atomic mass is 9.36. The molecule has 0 amide bonds. The summed E-state index contributed by atoms with van der Waals surface area (Å²) < 4.78 is 37.5. The van der Waals surface area contributed by atoms with Gasteiger partial charge in [0.15, 0.2) is 18.3 Å². The largest absolute Gasteiger partial charge is 0.461 e. The minimum Gasteiger partial charge on any atom is -0.461 e. The number of carbonyl (C=O) groups excluding carboxylic acids is 7. The number of aliphatic hydroxyl groups is 1. The summed E-state index contributed by atoms with van der Waals surface area (Å²) in [4.78, 5) is 96.8. The Hall–Kier alpha value is -5.41. The molecule has 10 rings (SSSR count). The smallest absolute Gasteiger partial charge is 0.338 e. The van der Waals surface area contributed by atoms with Crippen molar-refractivity contribution in [3.63, 3.8) is 0 Å². The van der Waals surface area contributed by atoms with Crippen LogP contribution in [0, 0.1) is 39.9 Å². The number of carbonyl (C=O) groups is 7. The van der Waals surface area contributed by atoms with E-state index >= 15 is 0 Å². The standard InChI is InChI=1S/C43H45NO14/c1-19-26-29(57-39(51)24-14-10-8-11-15-24)27-34-43-32(28(44(34)7)35(50)42(27,36(19)54-21(3)47)33(43)30(26)53-20(2)46)41(6,18-45)37(55-22(4)48)31(38(43)56-23(5)49)58-40(52)25-16-12-9-13-17-25/h8-18,26-38,50H,1H2,2-7H3/t26-,27?,28+,29+,30+,31-,32+,33?,34?,35+,36?,37-,38+,41-,42+,43+/m0/s1. The number of hydrogen-bond donors (Lipinski definition) is 1. The van der Waals surface area contributed by atoms with Gasteiger partial charge in [-0.05, 0) is 43.8 Å². The van der Waals surface area contributed by atoms with Crippen LogP contribution in [0.3, 0.4) is 0 Å². The molecule has 2 aromatic rings. The van der Waals surface area contributed by atoms with E-state index in [0.29, 0.717) is 6.29 Å². The average Bonchev–Trinajstić information content (AvgIpc) is 3.51. The van der Waals surface area contributed by atoms with Crippen LogP contribution < -0.4 is 0 Å². The summed E-state index contributed by atoms with van der Waals surface area (Å²) in [5.41, 5.74) is -4.50. The highest BCUT2D eigenvalue weighted by atomic mass is 16.6. The molecule has 8 fully saturated rings. The van der Waals surface area contributed by atoms with E-state index in [0.717, 1.165) is 13.8 Å². The lowest BCUT2D eigenvalue weighted by molar-refractivity contribution is -0.319. The number of aldehydes is 1. The fourth-order valence-electron chi connectivity index (χ4n) is 13.0. The van der Waals surface area contributed by atoms with Gasteiger partial charge in [0.2, 0.25) is 0 Å². The normalized spacial score (nSPS) is 41.2. The van der Waals surface area contributed by atoms with Crippen LogP contribution in [0.25, 0.3) is 0 Å². The molecule has 4 unspecified atom stereocenters. The molecule has 6 aliphatic carbocycles. The Morgan fingerprint density at radius 1 is 0.672 bits per heavy atom. The lowest BCUT2D eigenvalue weighted by Gasteiger charge is -2.71. The predicted octanol–water partition coefficient (Wildman–Crippen LogP) is 2.47. The van der Waals surface area contributed by atoms with Crippen molar-refractivity contribution < 1.29 is 67.1 Å². The third-order valence-corrected chi connectivity index (χ3v) is 14.0. The van der Waals surface area contributed by atoms with Crippen molar-refractivity contribution >= 4 is 42.1 Å². The molecule has 1 N–H and O–H groups in total. The van der Waals surface area contributed by atoms with Crippen LogP contribution in [-0.4, -0.2) is 114 Å². The second kappa shape index (κ2) is 13.6. The Labute approximate surface area is 333 Å². The maximum atomic E-state index is 14.1. The van der Waals surface area contributed by atoms with Crippen molar-refractivity contribution in [1.29, 1.82) is 0 Å². The molecule has 16 atom stereocenters. The molecule has 7 bridgehead atoms. The number of likely N-dealkylation sites (N-methyl/N-ethyl adjacent to an activating group) is 1. The van der Waals surface area contributed by atoms with Gasteiger partial charge in [0.25, 0.3) is 0 Å². The van der Waals surface area contributed by atoms with Crippen molar-refractivity contribution in [2.45, 2.75) is 89.4 Å². The Morgan fingerprint density at radius 2 is 1.17 bits per heavy atom. The van der Waals surface area contributed by atoms with Gasteiger partial charge in [-0.2, -0.15) is 0 Å². The van der Waals surface area contributed by atoms with Crippen molar-refractivity contribution in [3.05, 3.63) is 83.9 Å². The van der Waals surface area contributed by atoms with Crippen LogP contribution in [0.1, 0.15) is 55.3 Å². The van der Waals surface area contributed by atoms with E-state index in [1.54, 1.807) is 55.6 Å². The molecule has 2 aromatic carbocycles. The van der Waals surface area contributed by atoms with E-state index in [1.807, 2.05) is 4.90 Å². The number of ether oxygens (including phenoxy) is 6. The highest BCUT2D eigenvalue weighted by Gasteiger charge is 2.97. The summed E-state index contributed by atoms with van der Waals surface area (Å²) >= 11 is 0. The summed E-state index contributed by atoms with van der Waals surface area (Å²) in [7, 11) is 1.72. The second-order valence-electron chi connectivity index (χ2n) is 16.7. The van der Waals surface area contributed by atoms with E-state index < -0.39 is 131 Å². The monoisotopic (exact) mass is 799 g/mol.